The summed E-state index contributed by atoms with van der Waals surface area (Å²) in [7, 11) is -6.67. The van der Waals surface area contributed by atoms with Crippen LogP contribution in [0.2, 0.25) is 0 Å². The Hall–Kier alpha value is -1.23. The van der Waals surface area contributed by atoms with Gasteiger partial charge in [0.05, 0.1) is 15.6 Å². The predicted octanol–water partition coefficient (Wildman–Crippen LogP) is 0.905. The number of sulfonamides is 1. The fraction of sp³-hybridized carbons (Fsp3) is 0.400. The van der Waals surface area contributed by atoms with Crippen molar-refractivity contribution in [3.63, 3.8) is 0 Å². The number of rotatable bonds is 7. The Balaban J connectivity index is 3.47. The van der Waals surface area contributed by atoms with Crippen molar-refractivity contribution in [2.75, 3.05) is 18.7 Å². The van der Waals surface area contributed by atoms with Gasteiger partial charge in [0.25, 0.3) is 5.69 Å². The second-order valence-corrected chi connectivity index (χ2v) is 8.30. The molecular weight excluding hydrogens is 344 g/mol. The Morgan fingerprint density at radius 1 is 1.29 bits per heavy atom. The second kappa shape index (κ2) is 6.69. The fourth-order valence-electron chi connectivity index (χ4n) is 1.54. The van der Waals surface area contributed by atoms with Gasteiger partial charge in [-0.3, -0.25) is 10.1 Å². The van der Waals surface area contributed by atoms with Gasteiger partial charge >= 0.3 is 0 Å². The third-order valence-electron chi connectivity index (χ3n) is 2.59. The highest BCUT2D eigenvalue weighted by Gasteiger charge is 2.27. The highest BCUT2D eigenvalue weighted by atomic mass is 35.5. The average Bonchev–Trinajstić information content (AvgIpc) is 2.44. The standard InChI is InChI=1S/C10H13ClN2O6S2/c1-12-21(18,19)8-3-4-10(9(7-8)13(14)15)20(16,17)6-2-5-11/h3-4,7,12H,2,5-6H2,1H3. The van der Waals surface area contributed by atoms with Crippen molar-refractivity contribution in [2.24, 2.45) is 0 Å². The summed E-state index contributed by atoms with van der Waals surface area (Å²) >= 11 is 5.42. The number of sulfone groups is 1. The zero-order valence-electron chi connectivity index (χ0n) is 10.9. The lowest BCUT2D eigenvalue weighted by molar-refractivity contribution is -0.388. The molecule has 11 heteroatoms. The normalized spacial score (nSPS) is 12.3. The fourth-order valence-corrected chi connectivity index (χ4v) is 4.06. The molecule has 0 saturated carbocycles. The molecule has 0 saturated heterocycles. The molecule has 1 aromatic carbocycles. The van der Waals surface area contributed by atoms with Gasteiger partial charge < -0.3 is 0 Å². The molecule has 0 aliphatic heterocycles. The van der Waals surface area contributed by atoms with Gasteiger partial charge in [0.2, 0.25) is 10.0 Å². The Bertz CT molecular complexity index is 745. The molecule has 0 aromatic heterocycles. The molecule has 1 N–H and O–H groups in total. The van der Waals surface area contributed by atoms with Gasteiger partial charge in [-0.2, -0.15) is 0 Å². The number of nitrogens with zero attached hydrogens (tertiary/aromatic N) is 1. The van der Waals surface area contributed by atoms with Crippen LogP contribution in [-0.4, -0.2) is 40.4 Å². The first-order chi connectivity index (χ1) is 9.65. The minimum Gasteiger partial charge on any atom is -0.258 e. The van der Waals surface area contributed by atoms with Crippen molar-refractivity contribution in [3.05, 3.63) is 28.3 Å². The maximum atomic E-state index is 12.0. The summed E-state index contributed by atoms with van der Waals surface area (Å²) in [5.74, 6) is -0.255. The van der Waals surface area contributed by atoms with Crippen molar-refractivity contribution in [3.8, 4) is 0 Å². The molecule has 0 atom stereocenters. The maximum absolute atomic E-state index is 12.0. The van der Waals surface area contributed by atoms with E-state index in [2.05, 4.69) is 0 Å². The van der Waals surface area contributed by atoms with Gasteiger partial charge in [0.15, 0.2) is 9.84 Å². The molecule has 0 heterocycles. The topological polar surface area (TPSA) is 123 Å². The molecule has 0 bridgehead atoms. The zero-order valence-corrected chi connectivity index (χ0v) is 13.3. The van der Waals surface area contributed by atoms with Crippen LogP contribution in [0.15, 0.2) is 28.0 Å². The third kappa shape index (κ3) is 4.13. The first-order valence-electron chi connectivity index (χ1n) is 5.66. The van der Waals surface area contributed by atoms with Crippen LogP contribution in [0.1, 0.15) is 6.42 Å². The molecule has 0 spiro atoms. The van der Waals surface area contributed by atoms with Crippen LogP contribution in [0.25, 0.3) is 0 Å². The second-order valence-electron chi connectivity index (χ2n) is 3.96. The SMILES string of the molecule is CNS(=O)(=O)c1ccc(S(=O)(=O)CCCCl)c([N+](=O)[O-])c1. The molecule has 1 rings (SSSR count). The van der Waals surface area contributed by atoms with Crippen LogP contribution in [0.5, 0.6) is 0 Å². The van der Waals surface area contributed by atoms with Gasteiger partial charge in [0.1, 0.15) is 4.90 Å². The lowest BCUT2D eigenvalue weighted by Gasteiger charge is -2.07. The Labute approximate surface area is 127 Å². The highest BCUT2D eigenvalue weighted by Crippen LogP contribution is 2.28. The summed E-state index contributed by atoms with van der Waals surface area (Å²) in [4.78, 5) is 9.18. The summed E-state index contributed by atoms with van der Waals surface area (Å²) < 4.78 is 49.3. The molecule has 21 heavy (non-hydrogen) atoms. The lowest BCUT2D eigenvalue weighted by Crippen LogP contribution is -2.19. The van der Waals surface area contributed by atoms with E-state index in [0.29, 0.717) is 0 Å². The van der Waals surface area contributed by atoms with Gasteiger partial charge in [0, 0.05) is 11.9 Å². The number of hydrogen-bond donors (Lipinski definition) is 1. The minimum atomic E-state index is -3.91. The van der Waals surface area contributed by atoms with E-state index in [9.17, 15) is 26.9 Å². The number of alkyl halides is 1. The van der Waals surface area contributed by atoms with Crippen molar-refractivity contribution < 1.29 is 21.8 Å². The number of hydrogen-bond acceptors (Lipinski definition) is 6. The van der Waals surface area contributed by atoms with E-state index in [1.165, 1.54) is 0 Å². The monoisotopic (exact) mass is 356 g/mol. The molecule has 0 fully saturated rings. The number of benzene rings is 1. The highest BCUT2D eigenvalue weighted by molar-refractivity contribution is 7.91. The maximum Gasteiger partial charge on any atom is 0.289 e. The van der Waals surface area contributed by atoms with Crippen LogP contribution < -0.4 is 4.72 Å². The Morgan fingerprint density at radius 3 is 2.38 bits per heavy atom. The Morgan fingerprint density at radius 2 is 1.90 bits per heavy atom. The van der Waals surface area contributed by atoms with Crippen molar-refractivity contribution in [2.45, 2.75) is 16.2 Å². The molecule has 8 nitrogen and oxygen atoms in total. The van der Waals surface area contributed by atoms with Crippen LogP contribution in [0.4, 0.5) is 5.69 Å². The quantitative estimate of drug-likeness (QED) is 0.440. The number of nitro benzene ring substituents is 1. The van der Waals surface area contributed by atoms with Gasteiger partial charge in [-0.15, -0.1) is 11.6 Å². The van der Waals surface area contributed by atoms with E-state index in [1.54, 1.807) is 0 Å². The number of halogens is 1. The molecule has 0 unspecified atom stereocenters. The largest absolute Gasteiger partial charge is 0.289 e. The van der Waals surface area contributed by atoms with E-state index < -0.39 is 35.4 Å². The predicted molar refractivity (Wildman–Crippen MR) is 76.7 cm³/mol. The van der Waals surface area contributed by atoms with Gasteiger partial charge in [-0.1, -0.05) is 0 Å². The van der Waals surface area contributed by atoms with E-state index in [-0.39, 0.29) is 22.9 Å². The van der Waals surface area contributed by atoms with E-state index in [1.807, 2.05) is 4.72 Å². The van der Waals surface area contributed by atoms with Crippen molar-refractivity contribution in [1.29, 1.82) is 0 Å². The van der Waals surface area contributed by atoms with Crippen molar-refractivity contribution in [1.82, 2.24) is 4.72 Å². The molecular formula is C10H13ClN2O6S2. The average molecular weight is 357 g/mol. The van der Waals surface area contributed by atoms with Crippen molar-refractivity contribution >= 4 is 37.1 Å². The first kappa shape index (κ1) is 17.8. The molecule has 1 aromatic rings. The molecule has 118 valence electrons. The van der Waals surface area contributed by atoms with Crippen LogP contribution >= 0.6 is 11.6 Å². The lowest BCUT2D eigenvalue weighted by atomic mass is 10.3. The molecule has 0 aliphatic carbocycles. The number of nitro groups is 1. The summed E-state index contributed by atoms with van der Waals surface area (Å²) in [6, 6.07) is 2.65. The third-order valence-corrected chi connectivity index (χ3v) is 6.11. The summed E-state index contributed by atoms with van der Waals surface area (Å²) in [5, 5.41) is 11.0. The van der Waals surface area contributed by atoms with E-state index >= 15 is 0 Å². The molecule has 0 aliphatic rings. The minimum absolute atomic E-state index is 0.0965. The smallest absolute Gasteiger partial charge is 0.258 e. The van der Waals surface area contributed by atoms with E-state index in [4.69, 9.17) is 11.6 Å². The van der Waals surface area contributed by atoms with Gasteiger partial charge in [-0.25, -0.2) is 21.6 Å². The molecule has 0 amide bonds. The van der Waals surface area contributed by atoms with Crippen LogP contribution in [-0.2, 0) is 19.9 Å². The zero-order chi connectivity index (χ0) is 16.3. The van der Waals surface area contributed by atoms with Crippen LogP contribution in [0, 0.1) is 10.1 Å². The summed E-state index contributed by atoms with van der Waals surface area (Å²) in [6.45, 7) is 0. The Kier molecular flexibility index (Phi) is 5.68. The summed E-state index contributed by atoms with van der Waals surface area (Å²) in [5.41, 5.74) is -0.777. The van der Waals surface area contributed by atoms with Gasteiger partial charge in [-0.05, 0) is 25.6 Å². The molecule has 0 radical (unpaired) electrons. The van der Waals surface area contributed by atoms with Crippen LogP contribution in [0.3, 0.4) is 0 Å². The summed E-state index contributed by atoms with van der Waals surface area (Å²) in [6.07, 6.45) is 0.137. The van der Waals surface area contributed by atoms with E-state index in [0.717, 1.165) is 25.2 Å². The number of nitrogens with one attached hydrogen (secondary N) is 1. The first-order valence-corrected chi connectivity index (χ1v) is 9.33.